The highest BCUT2D eigenvalue weighted by molar-refractivity contribution is 6.07. The van der Waals surface area contributed by atoms with Crippen LogP contribution in [0.5, 0.6) is 0 Å². The number of aromatic nitrogens is 1. The third kappa shape index (κ3) is 5.43. The quantitative estimate of drug-likeness (QED) is 0.274. The number of pyridine rings is 1. The summed E-state index contributed by atoms with van der Waals surface area (Å²) in [7, 11) is 0. The molecule has 2 aromatic carbocycles. The summed E-state index contributed by atoms with van der Waals surface area (Å²) in [5, 5.41) is 14.7. The Hall–Kier alpha value is -4.07. The number of esters is 1. The second-order valence-electron chi connectivity index (χ2n) is 9.39. The van der Waals surface area contributed by atoms with Crippen molar-refractivity contribution in [3.05, 3.63) is 81.0 Å². The molecule has 1 amide bonds. The van der Waals surface area contributed by atoms with E-state index in [0.29, 0.717) is 40.7 Å². The smallest absolute Gasteiger partial charge is 0.339 e. The number of nitrogens with zero attached hydrogens (tertiary/aromatic N) is 2. The molecule has 0 radical (unpaired) electrons. The van der Waals surface area contributed by atoms with Gasteiger partial charge >= 0.3 is 5.97 Å². The van der Waals surface area contributed by atoms with Gasteiger partial charge in [-0.2, -0.15) is 0 Å². The predicted molar refractivity (Wildman–Crippen MR) is 138 cm³/mol. The number of hydrogen-bond acceptors (Lipinski definition) is 6. The lowest BCUT2D eigenvalue weighted by Gasteiger charge is -2.23. The summed E-state index contributed by atoms with van der Waals surface area (Å²) < 4.78 is 5.63. The molecule has 1 aliphatic rings. The monoisotopic (exact) mass is 487 g/mol. The van der Waals surface area contributed by atoms with Gasteiger partial charge in [-0.25, -0.2) is 9.78 Å². The summed E-state index contributed by atoms with van der Waals surface area (Å²) in [5.41, 5.74) is 4.14. The second kappa shape index (κ2) is 10.7. The third-order valence-electron chi connectivity index (χ3n) is 6.13. The number of amides is 1. The zero-order chi connectivity index (χ0) is 25.8. The van der Waals surface area contributed by atoms with E-state index >= 15 is 0 Å². The Labute approximate surface area is 209 Å². The number of nitro benzene ring substituents is 1. The van der Waals surface area contributed by atoms with Gasteiger partial charge in [0, 0.05) is 24.1 Å². The predicted octanol–water partition coefficient (Wildman–Crippen LogP) is 5.34. The Morgan fingerprint density at radius 1 is 1.14 bits per heavy atom. The molecule has 0 spiro atoms. The van der Waals surface area contributed by atoms with Crippen LogP contribution in [-0.2, 0) is 16.0 Å². The molecular formula is C28H29N3O5. The van der Waals surface area contributed by atoms with Gasteiger partial charge in [0.2, 0.25) is 0 Å². The van der Waals surface area contributed by atoms with Crippen LogP contribution >= 0.6 is 0 Å². The number of fused-ring (bicyclic) bond motifs is 2. The largest absolute Gasteiger partial charge is 0.449 e. The van der Waals surface area contributed by atoms with Crippen molar-refractivity contribution >= 4 is 40.1 Å². The van der Waals surface area contributed by atoms with Gasteiger partial charge in [-0.1, -0.05) is 44.2 Å². The Balaban J connectivity index is 1.75. The lowest BCUT2D eigenvalue weighted by atomic mass is 9.86. The van der Waals surface area contributed by atoms with Crippen molar-refractivity contribution < 1.29 is 19.2 Å². The average Bonchev–Trinajstić information content (AvgIpc) is 2.86. The van der Waals surface area contributed by atoms with Crippen LogP contribution in [0.4, 0.5) is 5.69 Å². The van der Waals surface area contributed by atoms with Crippen LogP contribution in [-0.4, -0.2) is 34.4 Å². The topological polar surface area (TPSA) is 111 Å². The minimum atomic E-state index is -0.942. The van der Waals surface area contributed by atoms with E-state index in [2.05, 4.69) is 5.32 Å². The number of allylic oxidation sites excluding steroid dienone is 1. The van der Waals surface area contributed by atoms with Crippen LogP contribution in [0.1, 0.15) is 60.8 Å². The van der Waals surface area contributed by atoms with Crippen LogP contribution in [0.3, 0.4) is 0 Å². The van der Waals surface area contributed by atoms with Crippen molar-refractivity contribution in [2.45, 2.75) is 46.1 Å². The van der Waals surface area contributed by atoms with Crippen LogP contribution in [0, 0.1) is 16.0 Å². The standard InChI is InChI=1S/C28H29N3O5/c1-17(2)16-29-27(32)18(3)36-28(33)25-22-11-4-5-13-24(22)30-26-20(9-7-12-23(25)26)14-19-8-6-10-21(15-19)31(34)35/h4-6,8,10-11,13-15,17-18H,7,9,12,16H2,1-3H3,(H,29,32)/b20-14+. The van der Waals surface area contributed by atoms with Crippen molar-refractivity contribution in [1.82, 2.24) is 10.3 Å². The van der Waals surface area contributed by atoms with E-state index < -0.39 is 17.0 Å². The second-order valence-corrected chi connectivity index (χ2v) is 9.39. The van der Waals surface area contributed by atoms with Crippen molar-refractivity contribution in [1.29, 1.82) is 0 Å². The van der Waals surface area contributed by atoms with Gasteiger partial charge < -0.3 is 10.1 Å². The minimum Gasteiger partial charge on any atom is -0.449 e. The summed E-state index contributed by atoms with van der Waals surface area (Å²) in [6.45, 7) is 6.05. The number of nitrogens with one attached hydrogen (secondary N) is 1. The zero-order valence-corrected chi connectivity index (χ0v) is 20.6. The fourth-order valence-electron chi connectivity index (χ4n) is 4.36. The molecule has 1 heterocycles. The summed E-state index contributed by atoms with van der Waals surface area (Å²) in [6, 6.07) is 13.8. The molecule has 186 valence electrons. The van der Waals surface area contributed by atoms with Crippen molar-refractivity contribution in [2.24, 2.45) is 5.92 Å². The first kappa shape index (κ1) is 25.0. The van der Waals surface area contributed by atoms with E-state index in [1.807, 2.05) is 50.3 Å². The molecule has 0 saturated heterocycles. The van der Waals surface area contributed by atoms with Gasteiger partial charge in [-0.05, 0) is 60.9 Å². The number of non-ortho nitro benzene ring substituents is 1. The highest BCUT2D eigenvalue weighted by atomic mass is 16.6. The first-order valence-electron chi connectivity index (χ1n) is 12.1. The van der Waals surface area contributed by atoms with Crippen LogP contribution in [0.15, 0.2) is 48.5 Å². The van der Waals surface area contributed by atoms with Crippen LogP contribution in [0.2, 0.25) is 0 Å². The molecule has 1 aliphatic carbocycles. The molecule has 1 unspecified atom stereocenters. The average molecular weight is 488 g/mol. The number of ether oxygens (including phenoxy) is 1. The Morgan fingerprint density at radius 2 is 1.92 bits per heavy atom. The Bertz CT molecular complexity index is 1360. The molecule has 0 fully saturated rings. The SMILES string of the molecule is CC(C)CNC(=O)C(C)OC(=O)c1c2c(nc3ccccc13)/C(=C/c1cccc([N+](=O)[O-])c1)CCC2. The highest BCUT2D eigenvalue weighted by Gasteiger charge is 2.28. The number of rotatable bonds is 7. The molecule has 36 heavy (non-hydrogen) atoms. The molecule has 4 rings (SSSR count). The van der Waals surface area contributed by atoms with Crippen molar-refractivity contribution in [3.8, 4) is 0 Å². The normalized spacial score (nSPS) is 14.9. The third-order valence-corrected chi connectivity index (χ3v) is 6.13. The molecule has 0 saturated carbocycles. The number of para-hydroxylation sites is 1. The maximum atomic E-state index is 13.4. The molecule has 0 aliphatic heterocycles. The molecule has 3 aromatic rings. The van der Waals surface area contributed by atoms with Crippen molar-refractivity contribution in [3.63, 3.8) is 0 Å². The van der Waals surface area contributed by atoms with Gasteiger partial charge in [0.15, 0.2) is 6.10 Å². The van der Waals surface area contributed by atoms with Crippen molar-refractivity contribution in [2.75, 3.05) is 6.54 Å². The maximum Gasteiger partial charge on any atom is 0.339 e. The maximum absolute atomic E-state index is 13.4. The summed E-state index contributed by atoms with van der Waals surface area (Å²) in [4.78, 5) is 41.5. The van der Waals surface area contributed by atoms with E-state index in [9.17, 15) is 19.7 Å². The molecule has 8 heteroatoms. The summed E-state index contributed by atoms with van der Waals surface area (Å²) in [5.74, 6) is -0.617. The number of hydrogen-bond donors (Lipinski definition) is 1. The lowest BCUT2D eigenvalue weighted by molar-refractivity contribution is -0.384. The van der Waals surface area contributed by atoms with Gasteiger partial charge in [-0.3, -0.25) is 14.9 Å². The first-order chi connectivity index (χ1) is 17.2. The number of benzene rings is 2. The Kier molecular flexibility index (Phi) is 7.43. The molecule has 1 atom stereocenters. The highest BCUT2D eigenvalue weighted by Crippen LogP contribution is 2.36. The first-order valence-corrected chi connectivity index (χ1v) is 12.1. The number of carbonyl (C=O) groups excluding carboxylic acids is 2. The van der Waals surface area contributed by atoms with Crippen LogP contribution in [0.25, 0.3) is 22.6 Å². The molecular weight excluding hydrogens is 458 g/mol. The number of nitro groups is 1. The van der Waals surface area contributed by atoms with Gasteiger partial charge in [-0.15, -0.1) is 0 Å². The fraction of sp³-hybridized carbons (Fsp3) is 0.321. The minimum absolute atomic E-state index is 0.0147. The number of carbonyl (C=O) groups is 2. The lowest BCUT2D eigenvalue weighted by Crippen LogP contribution is -2.37. The van der Waals surface area contributed by atoms with Gasteiger partial charge in [0.25, 0.3) is 11.6 Å². The van der Waals surface area contributed by atoms with E-state index in [1.165, 1.54) is 12.1 Å². The van der Waals surface area contributed by atoms with E-state index in [1.54, 1.807) is 13.0 Å². The molecule has 0 bridgehead atoms. The fourth-order valence-corrected chi connectivity index (χ4v) is 4.36. The van der Waals surface area contributed by atoms with Crippen LogP contribution < -0.4 is 5.32 Å². The Morgan fingerprint density at radius 3 is 2.67 bits per heavy atom. The molecule has 1 N–H and O–H groups in total. The van der Waals surface area contributed by atoms with Gasteiger partial charge in [0.1, 0.15) is 0 Å². The van der Waals surface area contributed by atoms with E-state index in [0.717, 1.165) is 24.0 Å². The van der Waals surface area contributed by atoms with E-state index in [-0.39, 0.29) is 17.5 Å². The van der Waals surface area contributed by atoms with Gasteiger partial charge in [0.05, 0.1) is 21.7 Å². The molecule has 1 aromatic heterocycles. The summed E-state index contributed by atoms with van der Waals surface area (Å²) >= 11 is 0. The summed E-state index contributed by atoms with van der Waals surface area (Å²) in [6.07, 6.45) is 3.10. The molecule has 8 nitrogen and oxygen atoms in total. The van der Waals surface area contributed by atoms with E-state index in [4.69, 9.17) is 9.72 Å². The zero-order valence-electron chi connectivity index (χ0n) is 20.6.